The summed E-state index contributed by atoms with van der Waals surface area (Å²) in [6.07, 6.45) is 1.80. The Morgan fingerprint density at radius 3 is 2.58 bits per heavy atom. The summed E-state index contributed by atoms with van der Waals surface area (Å²) in [5, 5.41) is 12.6. The molecule has 2 N–H and O–H groups in total. The molecule has 0 spiro atoms. The maximum atomic E-state index is 13.6. The Labute approximate surface area is 189 Å². The van der Waals surface area contributed by atoms with E-state index in [9.17, 15) is 19.1 Å². The summed E-state index contributed by atoms with van der Waals surface area (Å²) in [5.41, 5.74) is 3.57. The number of aliphatic carboxylic acids is 1. The molecule has 1 saturated carbocycles. The molecule has 7 heteroatoms. The Bertz CT molecular complexity index is 1350. The van der Waals surface area contributed by atoms with Gasteiger partial charge in [-0.1, -0.05) is 48.9 Å². The Morgan fingerprint density at radius 2 is 1.79 bits per heavy atom. The first-order chi connectivity index (χ1) is 16.0. The van der Waals surface area contributed by atoms with Crippen LogP contribution in [0.5, 0.6) is 0 Å². The second-order valence-corrected chi connectivity index (χ2v) is 8.23. The van der Waals surface area contributed by atoms with Crippen molar-refractivity contribution >= 4 is 34.6 Å². The van der Waals surface area contributed by atoms with Crippen LogP contribution < -0.4 is 5.32 Å². The molecule has 2 atom stereocenters. The maximum absolute atomic E-state index is 13.6. The van der Waals surface area contributed by atoms with Crippen molar-refractivity contribution in [2.75, 3.05) is 5.32 Å². The third-order valence-corrected chi connectivity index (χ3v) is 6.15. The third kappa shape index (κ3) is 4.09. The number of carboxylic acids is 1. The molecule has 1 aliphatic carbocycles. The minimum absolute atomic E-state index is 0.168. The van der Waals surface area contributed by atoms with Gasteiger partial charge in [0, 0.05) is 23.1 Å². The zero-order valence-electron chi connectivity index (χ0n) is 17.6. The number of aromatic nitrogens is 1. The van der Waals surface area contributed by atoms with Gasteiger partial charge >= 0.3 is 5.97 Å². The summed E-state index contributed by atoms with van der Waals surface area (Å²) in [6, 6.07) is 19.2. The number of hydrogen-bond donors (Lipinski definition) is 2. The number of hydrogen-bond acceptors (Lipinski definition) is 5. The number of ketones is 1. The number of anilines is 2. The molecule has 0 radical (unpaired) electrons. The maximum Gasteiger partial charge on any atom is 0.307 e. The van der Waals surface area contributed by atoms with Gasteiger partial charge in [-0.3, -0.25) is 9.59 Å². The molecule has 33 heavy (non-hydrogen) atoms. The quantitative estimate of drug-likeness (QED) is 0.351. The van der Waals surface area contributed by atoms with Crippen LogP contribution in [0.15, 0.2) is 71.1 Å². The largest absolute Gasteiger partial charge is 0.481 e. The Hall–Kier alpha value is -4.00. The van der Waals surface area contributed by atoms with Crippen LogP contribution in [0.25, 0.3) is 22.2 Å². The summed E-state index contributed by atoms with van der Waals surface area (Å²) < 4.78 is 19.3. The van der Waals surface area contributed by atoms with Gasteiger partial charge in [0.1, 0.15) is 11.3 Å². The molecule has 0 amide bonds. The highest BCUT2D eigenvalue weighted by atomic mass is 19.1. The van der Waals surface area contributed by atoms with Crippen molar-refractivity contribution in [2.45, 2.75) is 19.3 Å². The molecule has 0 aliphatic heterocycles. The van der Waals surface area contributed by atoms with Gasteiger partial charge in [-0.05, 0) is 36.6 Å². The number of halogens is 1. The lowest BCUT2D eigenvalue weighted by atomic mass is 9.87. The van der Waals surface area contributed by atoms with Crippen LogP contribution in [0, 0.1) is 17.7 Å². The topological polar surface area (TPSA) is 92.4 Å². The van der Waals surface area contributed by atoms with Gasteiger partial charge in [-0.15, -0.1) is 0 Å². The zero-order valence-corrected chi connectivity index (χ0v) is 17.6. The fourth-order valence-electron chi connectivity index (χ4n) is 4.52. The molecule has 0 bridgehead atoms. The van der Waals surface area contributed by atoms with Crippen molar-refractivity contribution in [3.05, 3.63) is 78.1 Å². The number of carbonyl (C=O) groups excluding carboxylic acids is 1. The number of benzene rings is 3. The molecule has 1 fully saturated rings. The molecule has 1 heterocycles. The standard InChI is InChI=1S/C26H21FN2O4/c27-17-10-12-23-22(14-17)29-26(33-23)28-21-13-16(9-11-18(21)15-5-2-1-3-6-15)24(30)19-7-4-8-20(19)25(31)32/h1-3,5-6,9-14,19-20H,4,7-8H2,(H,28,29)(H,31,32)/t19-,20-/m1/s1. The van der Waals surface area contributed by atoms with Crippen LogP contribution in [-0.4, -0.2) is 21.8 Å². The van der Waals surface area contributed by atoms with Gasteiger partial charge in [0.2, 0.25) is 0 Å². The van der Waals surface area contributed by atoms with Crippen LogP contribution in [0.1, 0.15) is 29.6 Å². The minimum Gasteiger partial charge on any atom is -0.481 e. The average molecular weight is 444 g/mol. The van der Waals surface area contributed by atoms with Crippen LogP contribution >= 0.6 is 0 Å². The van der Waals surface area contributed by atoms with Gasteiger partial charge in [0.15, 0.2) is 11.4 Å². The molecular weight excluding hydrogens is 423 g/mol. The highest BCUT2D eigenvalue weighted by Crippen LogP contribution is 2.37. The lowest BCUT2D eigenvalue weighted by Gasteiger charge is -2.17. The first kappa shape index (κ1) is 20.9. The first-order valence-electron chi connectivity index (χ1n) is 10.8. The Balaban J connectivity index is 1.54. The van der Waals surface area contributed by atoms with E-state index in [4.69, 9.17) is 4.42 Å². The average Bonchev–Trinajstić information content (AvgIpc) is 3.46. The normalized spacial score (nSPS) is 17.8. The molecule has 5 rings (SSSR count). The smallest absolute Gasteiger partial charge is 0.307 e. The molecule has 3 aromatic carbocycles. The molecule has 0 unspecified atom stereocenters. The second kappa shape index (κ2) is 8.50. The van der Waals surface area contributed by atoms with Gasteiger partial charge in [0.05, 0.1) is 11.6 Å². The van der Waals surface area contributed by atoms with E-state index in [1.807, 2.05) is 36.4 Å². The van der Waals surface area contributed by atoms with E-state index in [0.717, 1.165) is 17.5 Å². The van der Waals surface area contributed by atoms with Gasteiger partial charge in [-0.2, -0.15) is 4.98 Å². The van der Waals surface area contributed by atoms with E-state index < -0.39 is 23.6 Å². The molecule has 1 aromatic heterocycles. The van der Waals surface area contributed by atoms with Crippen LogP contribution in [0.3, 0.4) is 0 Å². The fraction of sp³-hybridized carbons (Fsp3) is 0.192. The fourth-order valence-corrected chi connectivity index (χ4v) is 4.52. The SMILES string of the molecule is O=C(O)[C@@H]1CCC[C@H]1C(=O)c1ccc(-c2ccccc2)c(Nc2nc3cc(F)ccc3o2)c1. The Kier molecular flexibility index (Phi) is 5.38. The van der Waals surface area contributed by atoms with Crippen molar-refractivity contribution in [3.63, 3.8) is 0 Å². The zero-order chi connectivity index (χ0) is 22.9. The third-order valence-electron chi connectivity index (χ3n) is 6.15. The molecule has 6 nitrogen and oxygen atoms in total. The first-order valence-corrected chi connectivity index (χ1v) is 10.8. The van der Waals surface area contributed by atoms with Crippen LogP contribution in [0.4, 0.5) is 16.1 Å². The van der Waals surface area contributed by atoms with Crippen LogP contribution in [0.2, 0.25) is 0 Å². The van der Waals surface area contributed by atoms with Crippen molar-refractivity contribution in [3.8, 4) is 11.1 Å². The monoisotopic (exact) mass is 444 g/mol. The van der Waals surface area contributed by atoms with Gasteiger partial charge in [0.25, 0.3) is 6.01 Å². The number of carboxylic acid groups (broad SMARTS) is 1. The predicted octanol–water partition coefficient (Wildman–Crippen LogP) is 6.06. The molecule has 0 saturated heterocycles. The van der Waals surface area contributed by atoms with E-state index in [1.54, 1.807) is 12.1 Å². The van der Waals surface area contributed by atoms with Crippen LogP contribution in [-0.2, 0) is 4.79 Å². The summed E-state index contributed by atoms with van der Waals surface area (Å²) in [5.74, 6) is -2.71. The number of nitrogens with one attached hydrogen (secondary N) is 1. The van der Waals surface area contributed by atoms with E-state index in [0.29, 0.717) is 35.2 Å². The lowest BCUT2D eigenvalue weighted by Crippen LogP contribution is -2.25. The molecular formula is C26H21FN2O4. The van der Waals surface area contributed by atoms with Gasteiger partial charge in [-0.25, -0.2) is 4.39 Å². The van der Waals surface area contributed by atoms with Gasteiger partial charge < -0.3 is 14.8 Å². The summed E-state index contributed by atoms with van der Waals surface area (Å²) in [4.78, 5) is 29.1. The number of nitrogens with zero attached hydrogens (tertiary/aromatic N) is 1. The number of oxazole rings is 1. The number of fused-ring (bicyclic) bond motifs is 1. The highest BCUT2D eigenvalue weighted by molar-refractivity contribution is 6.02. The van der Waals surface area contributed by atoms with Crippen molar-refractivity contribution in [1.29, 1.82) is 0 Å². The number of rotatable bonds is 6. The lowest BCUT2D eigenvalue weighted by molar-refractivity contribution is -0.142. The van der Waals surface area contributed by atoms with E-state index >= 15 is 0 Å². The number of Topliss-reactive ketones (excluding diaryl/α,β-unsaturated/α-hetero) is 1. The summed E-state index contributed by atoms with van der Waals surface area (Å²) >= 11 is 0. The number of carbonyl (C=O) groups is 2. The molecule has 1 aliphatic rings. The van der Waals surface area contributed by atoms with Crippen molar-refractivity contribution in [2.24, 2.45) is 11.8 Å². The minimum atomic E-state index is -0.927. The molecule has 166 valence electrons. The molecule has 4 aromatic rings. The summed E-state index contributed by atoms with van der Waals surface area (Å²) in [7, 11) is 0. The second-order valence-electron chi connectivity index (χ2n) is 8.23. The highest BCUT2D eigenvalue weighted by Gasteiger charge is 2.38. The predicted molar refractivity (Wildman–Crippen MR) is 122 cm³/mol. The Morgan fingerprint density at radius 1 is 1.00 bits per heavy atom. The van der Waals surface area contributed by atoms with E-state index in [2.05, 4.69) is 10.3 Å². The van der Waals surface area contributed by atoms with E-state index in [1.165, 1.54) is 18.2 Å². The van der Waals surface area contributed by atoms with E-state index in [-0.39, 0.29) is 11.8 Å². The van der Waals surface area contributed by atoms with Crippen molar-refractivity contribution < 1.29 is 23.5 Å². The van der Waals surface area contributed by atoms with Crippen molar-refractivity contribution in [1.82, 2.24) is 4.98 Å². The summed E-state index contributed by atoms with van der Waals surface area (Å²) in [6.45, 7) is 0.